The lowest BCUT2D eigenvalue weighted by Crippen LogP contribution is -2.32. The number of halogens is 1. The fourth-order valence-corrected chi connectivity index (χ4v) is 2.67. The highest BCUT2D eigenvalue weighted by atomic mass is 79.9. The summed E-state index contributed by atoms with van der Waals surface area (Å²) in [5.41, 5.74) is 5.62. The zero-order valence-corrected chi connectivity index (χ0v) is 11.5. The third kappa shape index (κ3) is 2.44. The van der Waals surface area contributed by atoms with Crippen LogP contribution in [0.15, 0.2) is 10.8 Å². The summed E-state index contributed by atoms with van der Waals surface area (Å²) in [7, 11) is -3.76. The van der Waals surface area contributed by atoms with Crippen LogP contribution in [0, 0.1) is 0 Å². The summed E-state index contributed by atoms with van der Waals surface area (Å²) in [4.78, 5) is 20.8. The van der Waals surface area contributed by atoms with Gasteiger partial charge in [-0.2, -0.15) is 0 Å². The van der Waals surface area contributed by atoms with E-state index in [4.69, 9.17) is 10.9 Å². The third-order valence-electron chi connectivity index (χ3n) is 2.56. The Balaban J connectivity index is 2.35. The second-order valence-corrected chi connectivity index (χ2v) is 6.48. The molecule has 0 bridgehead atoms. The molecule has 1 fully saturated rings. The predicted molar refractivity (Wildman–Crippen MR) is 68.0 cm³/mol. The summed E-state index contributed by atoms with van der Waals surface area (Å²) in [6.07, 6.45) is 1.21. The van der Waals surface area contributed by atoms with E-state index in [-0.39, 0.29) is 24.6 Å². The van der Waals surface area contributed by atoms with Gasteiger partial charge in [0.15, 0.2) is 11.6 Å². The Bertz CT molecular complexity index is 605. The zero-order valence-electron chi connectivity index (χ0n) is 9.08. The minimum Gasteiger partial charge on any atom is -0.381 e. The van der Waals surface area contributed by atoms with Crippen molar-refractivity contribution in [2.75, 3.05) is 17.2 Å². The third-order valence-corrected chi connectivity index (χ3v) is 4.19. The maximum atomic E-state index is 11.8. The maximum absolute atomic E-state index is 11.8. The van der Waals surface area contributed by atoms with E-state index in [1.807, 2.05) is 0 Å². The summed E-state index contributed by atoms with van der Waals surface area (Å²) < 4.78 is 22.9. The zero-order chi connectivity index (χ0) is 13.5. The molecule has 0 saturated carbocycles. The number of rotatable bonds is 2. The summed E-state index contributed by atoms with van der Waals surface area (Å²) in [5.74, 6) is -0.199. The molecule has 1 saturated heterocycles. The lowest BCUT2D eigenvalue weighted by atomic mass is 10.4. The van der Waals surface area contributed by atoms with Gasteiger partial charge in [-0.05, 0) is 15.9 Å². The molecule has 98 valence electrons. The van der Waals surface area contributed by atoms with Gasteiger partial charge in [-0.15, -0.1) is 0 Å². The Morgan fingerprint density at radius 1 is 1.50 bits per heavy atom. The van der Waals surface area contributed by atoms with Gasteiger partial charge in [0.2, 0.25) is 15.9 Å². The van der Waals surface area contributed by atoms with Crippen LogP contribution in [0.4, 0.5) is 11.6 Å². The van der Waals surface area contributed by atoms with Crippen molar-refractivity contribution in [1.29, 1.82) is 0 Å². The second-order valence-electron chi connectivity index (χ2n) is 3.82. The van der Waals surface area contributed by atoms with Crippen LogP contribution < -0.4 is 15.8 Å². The van der Waals surface area contributed by atoms with E-state index in [0.717, 1.165) is 0 Å². The van der Waals surface area contributed by atoms with Crippen LogP contribution >= 0.6 is 15.9 Å². The lowest BCUT2D eigenvalue weighted by Gasteiger charge is -2.16. The highest BCUT2D eigenvalue weighted by molar-refractivity contribution is 9.10. The van der Waals surface area contributed by atoms with Crippen molar-refractivity contribution < 1.29 is 13.2 Å². The summed E-state index contributed by atoms with van der Waals surface area (Å²) in [6, 6.07) is 0. The Morgan fingerprint density at radius 2 is 2.17 bits per heavy atom. The smallest absolute Gasteiger partial charge is 0.229 e. The summed E-state index contributed by atoms with van der Waals surface area (Å²) in [6.45, 7) is -0.0625. The first-order valence-corrected chi connectivity index (χ1v) is 7.29. The molecule has 0 spiro atoms. The molecule has 0 aliphatic carbocycles. The van der Waals surface area contributed by atoms with Crippen molar-refractivity contribution in [2.45, 2.75) is 11.7 Å². The molecule has 1 aliphatic rings. The van der Waals surface area contributed by atoms with Crippen LogP contribution in [-0.2, 0) is 14.8 Å². The van der Waals surface area contributed by atoms with Crippen LogP contribution in [0.3, 0.4) is 0 Å². The van der Waals surface area contributed by atoms with Gasteiger partial charge in [0.1, 0.15) is 9.85 Å². The van der Waals surface area contributed by atoms with Crippen LogP contribution in [0.1, 0.15) is 6.42 Å². The number of hydrogen-bond acceptors (Lipinski definition) is 6. The van der Waals surface area contributed by atoms with Gasteiger partial charge >= 0.3 is 0 Å². The van der Waals surface area contributed by atoms with Crippen molar-refractivity contribution in [3.05, 3.63) is 10.8 Å². The van der Waals surface area contributed by atoms with E-state index in [1.165, 1.54) is 11.1 Å². The van der Waals surface area contributed by atoms with E-state index in [1.54, 1.807) is 0 Å². The van der Waals surface area contributed by atoms with E-state index in [0.29, 0.717) is 4.60 Å². The van der Waals surface area contributed by atoms with Gasteiger partial charge in [-0.25, -0.2) is 23.5 Å². The second kappa shape index (κ2) is 4.44. The van der Waals surface area contributed by atoms with Gasteiger partial charge in [0.05, 0.1) is 6.20 Å². The first-order chi connectivity index (χ1) is 8.29. The van der Waals surface area contributed by atoms with Gasteiger partial charge in [0.25, 0.3) is 0 Å². The summed E-state index contributed by atoms with van der Waals surface area (Å²) in [5, 5.41) is 4.09. The van der Waals surface area contributed by atoms with Crippen LogP contribution in [0.5, 0.6) is 0 Å². The molecule has 1 aliphatic heterocycles. The average molecular weight is 336 g/mol. The minimum atomic E-state index is -3.76. The van der Waals surface area contributed by atoms with Crippen molar-refractivity contribution in [3.63, 3.8) is 0 Å². The molecule has 1 aromatic heterocycles. The molecule has 18 heavy (non-hydrogen) atoms. The number of carbonyl (C=O) groups excluding carboxylic acids is 1. The molecule has 1 atom stereocenters. The fourth-order valence-electron chi connectivity index (χ4n) is 1.67. The first kappa shape index (κ1) is 13.2. The topological polar surface area (TPSA) is 132 Å². The predicted octanol–water partition coefficient (Wildman–Crippen LogP) is -0.785. The van der Waals surface area contributed by atoms with E-state index in [2.05, 4.69) is 25.9 Å². The Hall–Kier alpha value is -1.26. The molecule has 4 N–H and O–H groups in total. The Morgan fingerprint density at radius 3 is 2.72 bits per heavy atom. The maximum Gasteiger partial charge on any atom is 0.229 e. The number of primary sulfonamides is 1. The van der Waals surface area contributed by atoms with E-state index >= 15 is 0 Å². The standard InChI is InChI=1S/C8H10BrN5O3S/c9-5-2-12-7(10)8(13-5)14-3-4(1-6(14)15)18(11,16)17/h2,4H,1,3H2,(H2,10,12)(H2,11,16,17). The SMILES string of the molecule is Nc1ncc(Br)nc1N1CC(S(N)(=O)=O)CC1=O. The number of hydrogen-bond donors (Lipinski definition) is 2. The van der Waals surface area contributed by atoms with Crippen molar-refractivity contribution in [3.8, 4) is 0 Å². The fraction of sp³-hybridized carbons (Fsp3) is 0.375. The number of nitrogen functional groups attached to an aromatic ring is 1. The minimum absolute atomic E-state index is 0.0571. The molecule has 2 heterocycles. The number of nitrogens with zero attached hydrogens (tertiary/aromatic N) is 3. The average Bonchev–Trinajstić information content (AvgIpc) is 2.64. The normalized spacial score (nSPS) is 20.4. The van der Waals surface area contributed by atoms with Crippen molar-refractivity contribution in [1.82, 2.24) is 9.97 Å². The monoisotopic (exact) mass is 335 g/mol. The quantitative estimate of drug-likeness (QED) is 0.728. The van der Waals surface area contributed by atoms with Crippen molar-refractivity contribution in [2.24, 2.45) is 5.14 Å². The number of anilines is 2. The van der Waals surface area contributed by atoms with Gasteiger partial charge in [0, 0.05) is 13.0 Å². The molecular formula is C8H10BrN5O3S. The number of amides is 1. The number of nitrogens with two attached hydrogens (primary N) is 2. The lowest BCUT2D eigenvalue weighted by molar-refractivity contribution is -0.117. The Labute approximate surface area is 112 Å². The van der Waals surface area contributed by atoms with Crippen LogP contribution in [0.2, 0.25) is 0 Å². The largest absolute Gasteiger partial charge is 0.381 e. The molecule has 2 rings (SSSR count). The van der Waals surface area contributed by atoms with Gasteiger partial charge in [-0.3, -0.25) is 9.69 Å². The van der Waals surface area contributed by atoms with Crippen molar-refractivity contribution >= 4 is 43.5 Å². The van der Waals surface area contributed by atoms with E-state index in [9.17, 15) is 13.2 Å². The number of carbonyl (C=O) groups is 1. The molecule has 1 aromatic rings. The first-order valence-electron chi connectivity index (χ1n) is 4.89. The van der Waals surface area contributed by atoms with E-state index < -0.39 is 21.2 Å². The Kier molecular flexibility index (Phi) is 3.25. The molecule has 0 radical (unpaired) electrons. The molecule has 10 heteroatoms. The van der Waals surface area contributed by atoms with Crippen LogP contribution in [-0.4, -0.2) is 36.1 Å². The molecule has 0 aromatic carbocycles. The molecular weight excluding hydrogens is 326 g/mol. The van der Waals surface area contributed by atoms with Gasteiger partial charge in [-0.1, -0.05) is 0 Å². The van der Waals surface area contributed by atoms with Crippen LogP contribution in [0.25, 0.3) is 0 Å². The summed E-state index contributed by atoms with van der Waals surface area (Å²) >= 11 is 3.11. The number of sulfonamides is 1. The molecule has 1 unspecified atom stereocenters. The highest BCUT2D eigenvalue weighted by Crippen LogP contribution is 2.27. The van der Waals surface area contributed by atoms with Gasteiger partial charge < -0.3 is 5.73 Å². The molecule has 1 amide bonds. The number of aromatic nitrogens is 2. The molecule has 8 nitrogen and oxygen atoms in total. The highest BCUT2D eigenvalue weighted by Gasteiger charge is 2.38.